The van der Waals surface area contributed by atoms with Gasteiger partial charge in [0.15, 0.2) is 0 Å². The Hall–Kier alpha value is -2.57. The van der Waals surface area contributed by atoms with Crippen LogP contribution in [0.1, 0.15) is 17.3 Å². The summed E-state index contributed by atoms with van der Waals surface area (Å²) in [5.41, 5.74) is 5.34. The number of rotatable bonds is 4. The average Bonchev–Trinajstić information content (AvgIpc) is 2.28. The number of hydrogen-bond donors (Lipinski definition) is 4. The van der Waals surface area contributed by atoms with Crippen LogP contribution in [-0.4, -0.2) is 29.1 Å². The quantitative estimate of drug-likeness (QED) is 0.617. The van der Waals surface area contributed by atoms with E-state index in [4.69, 9.17) is 10.8 Å². The highest BCUT2D eigenvalue weighted by Gasteiger charge is 2.12. The number of nitrogens with one attached hydrogen (secondary N) is 2. The largest absolute Gasteiger partial charge is 0.478 e. The summed E-state index contributed by atoms with van der Waals surface area (Å²) in [5, 5.41) is 13.5. The van der Waals surface area contributed by atoms with Gasteiger partial charge < -0.3 is 21.5 Å². The third-order valence-electron chi connectivity index (χ3n) is 2.14. The van der Waals surface area contributed by atoms with Crippen molar-refractivity contribution in [1.82, 2.24) is 5.32 Å². The molecule has 0 spiro atoms. The molecule has 0 fully saturated rings. The minimum absolute atomic E-state index is 0.0516. The maximum Gasteiger partial charge on any atom is 0.335 e. The van der Waals surface area contributed by atoms with Crippen molar-refractivity contribution < 1.29 is 19.5 Å². The standard InChI is InChI=1S/C11H13N3O4/c1-6(9(12)15)13-11(18)14-8-4-2-3-7(5-8)10(16)17/h2-6H,1H3,(H2,12,15)(H,16,17)(H2,13,14,18). The topological polar surface area (TPSA) is 122 Å². The molecule has 3 amide bonds. The van der Waals surface area contributed by atoms with Gasteiger partial charge in [0.05, 0.1) is 5.56 Å². The molecule has 18 heavy (non-hydrogen) atoms. The van der Waals surface area contributed by atoms with Gasteiger partial charge in [0, 0.05) is 5.69 Å². The molecule has 0 aliphatic rings. The number of nitrogens with two attached hydrogens (primary N) is 1. The summed E-state index contributed by atoms with van der Waals surface area (Å²) in [5.74, 6) is -1.76. The molecule has 0 bridgehead atoms. The van der Waals surface area contributed by atoms with Crippen LogP contribution in [0.5, 0.6) is 0 Å². The van der Waals surface area contributed by atoms with Gasteiger partial charge in [-0.05, 0) is 25.1 Å². The molecule has 96 valence electrons. The summed E-state index contributed by atoms with van der Waals surface area (Å²) < 4.78 is 0. The fourth-order valence-electron chi connectivity index (χ4n) is 1.16. The number of anilines is 1. The molecule has 0 radical (unpaired) electrons. The minimum atomic E-state index is -1.09. The second kappa shape index (κ2) is 5.67. The molecular formula is C11H13N3O4. The first kappa shape index (κ1) is 13.5. The van der Waals surface area contributed by atoms with E-state index in [0.717, 1.165) is 0 Å². The molecule has 7 heteroatoms. The normalized spacial score (nSPS) is 11.4. The van der Waals surface area contributed by atoms with Gasteiger partial charge in [-0.1, -0.05) is 6.07 Å². The van der Waals surface area contributed by atoms with Crippen LogP contribution in [0, 0.1) is 0 Å². The fraction of sp³-hybridized carbons (Fsp3) is 0.182. The van der Waals surface area contributed by atoms with E-state index in [9.17, 15) is 14.4 Å². The fourth-order valence-corrected chi connectivity index (χ4v) is 1.16. The maximum atomic E-state index is 11.4. The van der Waals surface area contributed by atoms with Crippen LogP contribution in [0.2, 0.25) is 0 Å². The Morgan fingerprint density at radius 2 is 2.00 bits per heavy atom. The number of hydrogen-bond acceptors (Lipinski definition) is 3. The molecule has 1 aromatic rings. The van der Waals surface area contributed by atoms with E-state index in [1.807, 2.05) is 0 Å². The Labute approximate surface area is 103 Å². The average molecular weight is 251 g/mol. The van der Waals surface area contributed by atoms with Crippen molar-refractivity contribution in [2.45, 2.75) is 13.0 Å². The van der Waals surface area contributed by atoms with Gasteiger partial charge in [-0.2, -0.15) is 0 Å². The predicted octanol–water partition coefficient (Wildman–Crippen LogP) is 0.380. The van der Waals surface area contributed by atoms with E-state index in [0.29, 0.717) is 5.69 Å². The number of carbonyl (C=O) groups is 3. The highest BCUT2D eigenvalue weighted by Crippen LogP contribution is 2.10. The number of amides is 3. The minimum Gasteiger partial charge on any atom is -0.478 e. The van der Waals surface area contributed by atoms with Gasteiger partial charge in [-0.15, -0.1) is 0 Å². The second-order valence-electron chi connectivity index (χ2n) is 3.61. The molecule has 0 aliphatic heterocycles. The number of urea groups is 1. The number of carbonyl (C=O) groups excluding carboxylic acids is 2. The van der Waals surface area contributed by atoms with E-state index in [2.05, 4.69) is 10.6 Å². The molecule has 0 aromatic heterocycles. The summed E-state index contributed by atoms with van der Waals surface area (Å²) in [6.45, 7) is 1.44. The highest BCUT2D eigenvalue weighted by atomic mass is 16.4. The van der Waals surface area contributed by atoms with Crippen LogP contribution >= 0.6 is 0 Å². The van der Waals surface area contributed by atoms with Crippen molar-refractivity contribution in [3.63, 3.8) is 0 Å². The van der Waals surface area contributed by atoms with Crippen LogP contribution in [0.15, 0.2) is 24.3 Å². The van der Waals surface area contributed by atoms with E-state index in [1.165, 1.54) is 31.2 Å². The molecule has 1 rings (SSSR count). The molecule has 1 unspecified atom stereocenters. The SMILES string of the molecule is CC(NC(=O)Nc1cccc(C(=O)O)c1)C(N)=O. The lowest BCUT2D eigenvalue weighted by atomic mass is 10.2. The van der Waals surface area contributed by atoms with Crippen LogP contribution in [-0.2, 0) is 4.79 Å². The Kier molecular flexibility index (Phi) is 4.25. The van der Waals surface area contributed by atoms with Gasteiger partial charge >= 0.3 is 12.0 Å². The highest BCUT2D eigenvalue weighted by molar-refractivity contribution is 5.95. The van der Waals surface area contributed by atoms with Gasteiger partial charge in [0.25, 0.3) is 0 Å². The molecule has 5 N–H and O–H groups in total. The van der Waals surface area contributed by atoms with E-state index in [-0.39, 0.29) is 5.56 Å². The lowest BCUT2D eigenvalue weighted by Gasteiger charge is -2.11. The first-order valence-electron chi connectivity index (χ1n) is 5.10. The third-order valence-corrected chi connectivity index (χ3v) is 2.14. The molecule has 1 aromatic carbocycles. The van der Waals surface area contributed by atoms with E-state index in [1.54, 1.807) is 0 Å². The molecule has 0 heterocycles. The summed E-state index contributed by atoms with van der Waals surface area (Å²) in [6, 6.07) is 4.28. The zero-order valence-electron chi connectivity index (χ0n) is 9.64. The number of carboxylic acids is 1. The Bertz CT molecular complexity index is 487. The summed E-state index contributed by atoms with van der Waals surface area (Å²) in [6.07, 6.45) is 0. The van der Waals surface area contributed by atoms with Gasteiger partial charge in [0.1, 0.15) is 6.04 Å². The smallest absolute Gasteiger partial charge is 0.335 e. The number of benzene rings is 1. The van der Waals surface area contributed by atoms with Gasteiger partial charge in [-0.3, -0.25) is 4.79 Å². The van der Waals surface area contributed by atoms with Crippen molar-refractivity contribution in [2.24, 2.45) is 5.73 Å². The number of aromatic carboxylic acids is 1. The summed E-state index contributed by atoms with van der Waals surface area (Å²) in [7, 11) is 0. The first-order valence-corrected chi connectivity index (χ1v) is 5.10. The monoisotopic (exact) mass is 251 g/mol. The first-order chi connectivity index (χ1) is 8.40. The lowest BCUT2D eigenvalue weighted by molar-refractivity contribution is -0.119. The zero-order valence-corrected chi connectivity index (χ0v) is 9.64. The van der Waals surface area contributed by atoms with E-state index >= 15 is 0 Å². The summed E-state index contributed by atoms with van der Waals surface area (Å²) >= 11 is 0. The summed E-state index contributed by atoms with van der Waals surface area (Å²) in [4.78, 5) is 32.9. The molecule has 7 nitrogen and oxygen atoms in total. The van der Waals surface area contributed by atoms with Crippen LogP contribution < -0.4 is 16.4 Å². The van der Waals surface area contributed by atoms with Crippen LogP contribution in [0.25, 0.3) is 0 Å². The van der Waals surface area contributed by atoms with Crippen molar-refractivity contribution in [2.75, 3.05) is 5.32 Å². The molecule has 1 atom stereocenters. The van der Waals surface area contributed by atoms with E-state index < -0.39 is 23.9 Å². The second-order valence-corrected chi connectivity index (χ2v) is 3.61. The molecular weight excluding hydrogens is 238 g/mol. The Morgan fingerprint density at radius 3 is 2.56 bits per heavy atom. The maximum absolute atomic E-state index is 11.4. The van der Waals surface area contributed by atoms with Gasteiger partial charge in [-0.25, -0.2) is 9.59 Å². The van der Waals surface area contributed by atoms with Crippen molar-refractivity contribution in [1.29, 1.82) is 0 Å². The zero-order chi connectivity index (χ0) is 13.7. The number of carboxylic acid groups (broad SMARTS) is 1. The van der Waals surface area contributed by atoms with Crippen molar-refractivity contribution in [3.05, 3.63) is 29.8 Å². The Morgan fingerprint density at radius 1 is 1.33 bits per heavy atom. The molecule has 0 aliphatic carbocycles. The van der Waals surface area contributed by atoms with Crippen molar-refractivity contribution in [3.8, 4) is 0 Å². The van der Waals surface area contributed by atoms with Crippen LogP contribution in [0.4, 0.5) is 10.5 Å². The van der Waals surface area contributed by atoms with Crippen molar-refractivity contribution >= 4 is 23.6 Å². The van der Waals surface area contributed by atoms with Crippen LogP contribution in [0.3, 0.4) is 0 Å². The predicted molar refractivity (Wildman–Crippen MR) is 64.2 cm³/mol. The Balaban J connectivity index is 2.67. The molecule has 0 saturated carbocycles. The third kappa shape index (κ3) is 3.78. The van der Waals surface area contributed by atoms with Gasteiger partial charge in [0.2, 0.25) is 5.91 Å². The lowest BCUT2D eigenvalue weighted by Crippen LogP contribution is -2.44. The number of primary amides is 1. The molecule has 0 saturated heterocycles.